The van der Waals surface area contributed by atoms with E-state index in [1.807, 2.05) is 12.1 Å². The number of anilines is 3. The number of hydrazine groups is 2. The number of amides is 4. The maximum absolute atomic E-state index is 14.7. The van der Waals surface area contributed by atoms with Gasteiger partial charge in [-0.1, -0.05) is 66.7 Å². The van der Waals surface area contributed by atoms with Crippen molar-refractivity contribution in [3.05, 3.63) is 155 Å². The number of carboxylic acids is 1. The number of likely N-dealkylation sites (N-methyl/N-ethyl adjacent to an activating group) is 1. The van der Waals surface area contributed by atoms with Crippen molar-refractivity contribution in [1.82, 2.24) is 26.2 Å². The molecular formula is C51H57FN8O10. The molecule has 4 amide bonds. The summed E-state index contributed by atoms with van der Waals surface area (Å²) in [4.78, 5) is 49.5. The Morgan fingerprint density at radius 3 is 1.96 bits per heavy atom. The molecule has 7 rings (SSSR count). The number of hydrogen-bond donors (Lipinski definition) is 7. The van der Waals surface area contributed by atoms with Gasteiger partial charge in [0.05, 0.1) is 82.8 Å². The number of rotatable bonds is 25. The van der Waals surface area contributed by atoms with Crippen molar-refractivity contribution in [3.8, 4) is 5.75 Å². The fourth-order valence-corrected chi connectivity index (χ4v) is 7.32. The van der Waals surface area contributed by atoms with Crippen LogP contribution >= 0.6 is 0 Å². The van der Waals surface area contributed by atoms with Crippen molar-refractivity contribution in [2.24, 2.45) is 0 Å². The SMILES string of the molecule is CN(C(=O)Cc1ccc(NC(=O)Nc2ccc(CNC(=O)CCOCCOCCOCCOCCN3NNC4=C3c3ccccc3CNc3ccccc34)cc2)cc1)C(F)Oc1ccc(C(=O)O)cc1. The molecule has 5 aromatic rings. The molecule has 7 N–H and O–H groups in total. The molecule has 2 aliphatic rings. The summed E-state index contributed by atoms with van der Waals surface area (Å²) in [7, 11) is 1.25. The molecule has 2 aliphatic heterocycles. The summed E-state index contributed by atoms with van der Waals surface area (Å²) in [5, 5.41) is 23.0. The molecule has 0 aliphatic carbocycles. The topological polar surface area (TPSA) is 213 Å². The van der Waals surface area contributed by atoms with E-state index in [4.69, 9.17) is 28.8 Å². The van der Waals surface area contributed by atoms with Gasteiger partial charge in [-0.2, -0.15) is 4.39 Å². The number of carbonyl (C=O) groups excluding carboxylic acids is 3. The van der Waals surface area contributed by atoms with Crippen LogP contribution in [-0.4, -0.2) is 112 Å². The Labute approximate surface area is 405 Å². The van der Waals surface area contributed by atoms with Crippen molar-refractivity contribution in [2.75, 3.05) is 82.4 Å². The number of ether oxygens (including phenoxy) is 5. The summed E-state index contributed by atoms with van der Waals surface area (Å²) in [6, 6.07) is 34.9. The van der Waals surface area contributed by atoms with Gasteiger partial charge >= 0.3 is 18.5 Å². The van der Waals surface area contributed by atoms with Gasteiger partial charge in [-0.05, 0) is 71.3 Å². The third kappa shape index (κ3) is 14.7. The van der Waals surface area contributed by atoms with Gasteiger partial charge in [-0.3, -0.25) is 19.5 Å². The average molecular weight is 961 g/mol. The molecule has 0 fully saturated rings. The maximum atomic E-state index is 14.7. The lowest BCUT2D eigenvalue weighted by Crippen LogP contribution is -2.39. The first-order valence-electron chi connectivity index (χ1n) is 22.8. The number of hydrogen-bond acceptors (Lipinski definition) is 13. The zero-order valence-corrected chi connectivity index (χ0v) is 38.7. The highest BCUT2D eigenvalue weighted by molar-refractivity contribution is 6.00. The van der Waals surface area contributed by atoms with Crippen molar-refractivity contribution in [3.63, 3.8) is 0 Å². The normalized spacial score (nSPS) is 13.0. The number of para-hydroxylation sites is 1. The second-order valence-corrected chi connectivity index (χ2v) is 16.0. The summed E-state index contributed by atoms with van der Waals surface area (Å²) in [6.45, 7) is 2.82. The highest BCUT2D eigenvalue weighted by atomic mass is 19.1. The van der Waals surface area contributed by atoms with Crippen LogP contribution in [0.5, 0.6) is 5.75 Å². The van der Waals surface area contributed by atoms with Gasteiger partial charge in [0.2, 0.25) is 11.8 Å². The smallest absolute Gasteiger partial charge is 0.335 e. The third-order valence-electron chi connectivity index (χ3n) is 11.1. The number of alkyl halides is 1. The Morgan fingerprint density at radius 2 is 1.30 bits per heavy atom. The molecule has 0 radical (unpaired) electrons. The maximum Gasteiger partial charge on any atom is 0.335 e. The zero-order chi connectivity index (χ0) is 49.1. The van der Waals surface area contributed by atoms with Crippen LogP contribution in [0.15, 0.2) is 121 Å². The Hall–Kier alpha value is -7.55. The van der Waals surface area contributed by atoms with Gasteiger partial charge in [0.25, 0.3) is 0 Å². The quantitative estimate of drug-likeness (QED) is 0.0197. The van der Waals surface area contributed by atoms with E-state index in [0.29, 0.717) is 76.3 Å². The lowest BCUT2D eigenvalue weighted by molar-refractivity contribution is -0.146. The van der Waals surface area contributed by atoms with Crippen molar-refractivity contribution < 1.29 is 52.4 Å². The number of carboxylic acid groups (broad SMARTS) is 1. The van der Waals surface area contributed by atoms with E-state index in [2.05, 4.69) is 73.6 Å². The minimum absolute atomic E-state index is 0.0203. The van der Waals surface area contributed by atoms with Crippen molar-refractivity contribution in [2.45, 2.75) is 32.4 Å². The second kappa shape index (κ2) is 25.7. The van der Waals surface area contributed by atoms with Crippen LogP contribution < -0.4 is 37.0 Å². The minimum Gasteiger partial charge on any atom is -0.478 e. The summed E-state index contributed by atoms with van der Waals surface area (Å²) in [6.07, 6.45) is 0.0704. The average Bonchev–Trinajstić information content (AvgIpc) is 3.78. The predicted octanol–water partition coefficient (Wildman–Crippen LogP) is 6.21. The number of carbonyl (C=O) groups is 4. The zero-order valence-electron chi connectivity index (χ0n) is 38.7. The fraction of sp³-hybridized carbons (Fsp3) is 0.294. The second-order valence-electron chi connectivity index (χ2n) is 16.0. The molecule has 368 valence electrons. The monoisotopic (exact) mass is 960 g/mol. The van der Waals surface area contributed by atoms with E-state index in [0.717, 1.165) is 45.2 Å². The Kier molecular flexibility index (Phi) is 18.5. The number of benzene rings is 5. The van der Waals surface area contributed by atoms with E-state index in [1.165, 1.54) is 36.9 Å². The molecule has 1 atom stereocenters. The summed E-state index contributed by atoms with van der Waals surface area (Å²) in [5.41, 5.74) is 15.8. The number of nitrogens with zero attached hydrogens (tertiary/aromatic N) is 2. The lowest BCUT2D eigenvalue weighted by atomic mass is 9.97. The molecule has 70 heavy (non-hydrogen) atoms. The molecule has 0 aromatic heterocycles. The molecule has 2 heterocycles. The van der Waals surface area contributed by atoms with Gasteiger partial charge in [0.15, 0.2) is 0 Å². The summed E-state index contributed by atoms with van der Waals surface area (Å²) < 4.78 is 42.5. The van der Waals surface area contributed by atoms with Crippen LogP contribution in [-0.2, 0) is 48.0 Å². The van der Waals surface area contributed by atoms with Crippen LogP contribution in [0.1, 0.15) is 44.6 Å². The molecule has 1 unspecified atom stereocenters. The first kappa shape index (κ1) is 50.3. The van der Waals surface area contributed by atoms with Gasteiger partial charge in [-0.15, -0.1) is 5.53 Å². The van der Waals surface area contributed by atoms with Gasteiger partial charge in [0.1, 0.15) is 5.75 Å². The van der Waals surface area contributed by atoms with Crippen LogP contribution in [0, 0.1) is 0 Å². The Balaban J connectivity index is 0.681. The Morgan fingerprint density at radius 1 is 0.714 bits per heavy atom. The minimum atomic E-state index is -2.09. The first-order valence-corrected chi connectivity index (χ1v) is 22.8. The van der Waals surface area contributed by atoms with E-state index in [9.17, 15) is 23.6 Å². The fourth-order valence-electron chi connectivity index (χ4n) is 7.32. The Bertz CT molecular complexity index is 2570. The molecule has 0 spiro atoms. The highest BCUT2D eigenvalue weighted by Gasteiger charge is 2.29. The number of nitrogens with one attached hydrogen (secondary N) is 6. The van der Waals surface area contributed by atoms with Crippen LogP contribution in [0.25, 0.3) is 11.4 Å². The molecule has 0 saturated carbocycles. The first-order chi connectivity index (χ1) is 34.1. The van der Waals surface area contributed by atoms with E-state index >= 15 is 0 Å². The highest BCUT2D eigenvalue weighted by Crippen LogP contribution is 2.37. The van der Waals surface area contributed by atoms with Crippen LogP contribution in [0.4, 0.5) is 26.2 Å². The molecule has 18 nitrogen and oxygen atoms in total. The molecule has 0 bridgehead atoms. The van der Waals surface area contributed by atoms with E-state index in [1.54, 1.807) is 48.5 Å². The van der Waals surface area contributed by atoms with Gasteiger partial charge in [0, 0.05) is 54.7 Å². The van der Waals surface area contributed by atoms with Crippen LogP contribution in [0.2, 0.25) is 0 Å². The van der Waals surface area contributed by atoms with E-state index < -0.39 is 24.4 Å². The summed E-state index contributed by atoms with van der Waals surface area (Å²) in [5.74, 6) is -1.77. The molecular weight excluding hydrogens is 904 g/mol. The van der Waals surface area contributed by atoms with Gasteiger partial charge in [-0.25, -0.2) is 9.59 Å². The number of aromatic carboxylic acids is 1. The van der Waals surface area contributed by atoms with Crippen molar-refractivity contribution in [1.29, 1.82) is 0 Å². The molecule has 0 saturated heterocycles. The van der Waals surface area contributed by atoms with Crippen LogP contribution in [0.3, 0.4) is 0 Å². The molecule has 5 aromatic carbocycles. The largest absolute Gasteiger partial charge is 0.478 e. The standard InChI is InChI=1S/C51H57FN8O10/c1-59(50(52)70-41-20-14-37(15-21-41)49(63)64)46(62)32-35-10-16-39(17-11-35)55-51(65)56-40-18-12-36(13-19-40)33-54-45(61)22-24-66-26-28-68-30-31-69-29-27-67-25-23-60-48-42-7-3-2-6-38(42)34-53-44-9-5-4-8-43(44)47(48)57-58-60/h2-21,50,53,57-58H,22-34H2,1H3,(H,54,61)(H,63,64)(H2,55,56,65). The van der Waals surface area contributed by atoms with E-state index in [-0.39, 0.29) is 36.7 Å². The molecule has 19 heteroatoms. The number of halogens is 1. The van der Waals surface area contributed by atoms with Crippen molar-refractivity contribution >= 4 is 52.3 Å². The predicted molar refractivity (Wildman–Crippen MR) is 261 cm³/mol. The third-order valence-corrected chi connectivity index (χ3v) is 11.1. The number of urea groups is 1. The number of fused-ring (bicyclic) bond motifs is 4. The van der Waals surface area contributed by atoms with Gasteiger partial charge < -0.3 is 55.5 Å². The lowest BCUT2D eigenvalue weighted by Gasteiger charge is -2.24. The summed E-state index contributed by atoms with van der Waals surface area (Å²) >= 11 is 0.